The van der Waals surface area contributed by atoms with Crippen LogP contribution in [0, 0.1) is 0 Å². The lowest BCUT2D eigenvalue weighted by atomic mass is 10.1. The second-order valence-electron chi connectivity index (χ2n) is 6.80. The molecule has 2 aromatic rings. The average Bonchev–Trinajstić information content (AvgIpc) is 3.14. The lowest BCUT2D eigenvalue weighted by Crippen LogP contribution is -2.51. The van der Waals surface area contributed by atoms with Crippen LogP contribution in [-0.2, 0) is 22.4 Å². The summed E-state index contributed by atoms with van der Waals surface area (Å²) < 4.78 is 0. The van der Waals surface area contributed by atoms with Gasteiger partial charge in [-0.3, -0.25) is 14.9 Å². The zero-order valence-electron chi connectivity index (χ0n) is 16.6. The molecule has 4 amide bonds. The molecule has 9 heteroatoms. The van der Waals surface area contributed by atoms with Crippen molar-refractivity contribution in [2.75, 3.05) is 36.8 Å². The molecule has 0 saturated carbocycles. The smallest absolute Gasteiger partial charge is 0.323 e. The number of rotatable bonds is 5. The van der Waals surface area contributed by atoms with E-state index >= 15 is 0 Å². The SMILES string of the molecule is CCc1ccccc1NC(=O)Cc1csc(NC(=O)N2CCN(C(C)=O)CC2)n1. The standard InChI is InChI=1S/C20H25N5O3S/c1-3-15-6-4-5-7-17(15)22-18(27)12-16-13-29-19(21-16)23-20(28)25-10-8-24(9-11-25)14(2)26/h4-7,13H,3,8-12H2,1-2H3,(H,22,27)(H,21,23,28). The highest BCUT2D eigenvalue weighted by Crippen LogP contribution is 2.19. The van der Waals surface area contributed by atoms with Crippen LogP contribution in [0.15, 0.2) is 29.6 Å². The second kappa shape index (κ2) is 9.51. The van der Waals surface area contributed by atoms with Crippen molar-refractivity contribution in [3.8, 4) is 0 Å². The van der Waals surface area contributed by atoms with Crippen LogP contribution in [0.2, 0.25) is 0 Å². The fourth-order valence-electron chi connectivity index (χ4n) is 3.15. The van der Waals surface area contributed by atoms with E-state index in [-0.39, 0.29) is 24.3 Å². The molecular weight excluding hydrogens is 390 g/mol. The van der Waals surface area contributed by atoms with Gasteiger partial charge in [-0.25, -0.2) is 9.78 Å². The van der Waals surface area contributed by atoms with E-state index in [1.54, 1.807) is 15.2 Å². The average molecular weight is 416 g/mol. The van der Waals surface area contributed by atoms with Crippen molar-refractivity contribution in [3.05, 3.63) is 40.9 Å². The first-order valence-electron chi connectivity index (χ1n) is 9.60. The summed E-state index contributed by atoms with van der Waals surface area (Å²) in [6, 6.07) is 7.47. The third-order valence-electron chi connectivity index (χ3n) is 4.79. The number of piperazine rings is 1. The van der Waals surface area contributed by atoms with Crippen LogP contribution < -0.4 is 10.6 Å². The summed E-state index contributed by atoms with van der Waals surface area (Å²) in [4.78, 5) is 43.8. The van der Waals surface area contributed by atoms with E-state index in [0.29, 0.717) is 37.0 Å². The Balaban J connectivity index is 1.51. The molecule has 1 aromatic heterocycles. The number of amides is 4. The van der Waals surface area contributed by atoms with Gasteiger partial charge >= 0.3 is 6.03 Å². The van der Waals surface area contributed by atoms with E-state index in [1.165, 1.54) is 18.3 Å². The first-order valence-corrected chi connectivity index (χ1v) is 10.5. The van der Waals surface area contributed by atoms with Gasteiger partial charge in [-0.05, 0) is 18.1 Å². The third kappa shape index (κ3) is 5.54. The normalized spacial score (nSPS) is 13.9. The highest BCUT2D eigenvalue weighted by molar-refractivity contribution is 7.13. The maximum absolute atomic E-state index is 12.4. The number of benzene rings is 1. The molecule has 1 aromatic carbocycles. The van der Waals surface area contributed by atoms with E-state index in [0.717, 1.165) is 17.7 Å². The number of hydrogen-bond acceptors (Lipinski definition) is 5. The van der Waals surface area contributed by atoms with Gasteiger partial charge < -0.3 is 15.1 Å². The Kier molecular flexibility index (Phi) is 6.82. The van der Waals surface area contributed by atoms with Crippen molar-refractivity contribution in [3.63, 3.8) is 0 Å². The van der Waals surface area contributed by atoms with Gasteiger partial charge in [0.15, 0.2) is 5.13 Å². The quantitative estimate of drug-likeness (QED) is 0.785. The minimum absolute atomic E-state index is 0.0226. The molecule has 0 bridgehead atoms. The van der Waals surface area contributed by atoms with Crippen molar-refractivity contribution >= 4 is 40.0 Å². The van der Waals surface area contributed by atoms with E-state index in [9.17, 15) is 14.4 Å². The molecule has 154 valence electrons. The number of carbonyl (C=O) groups is 3. The van der Waals surface area contributed by atoms with Crippen LogP contribution >= 0.6 is 11.3 Å². The molecule has 3 rings (SSSR count). The molecule has 2 heterocycles. The van der Waals surface area contributed by atoms with Crippen molar-refractivity contribution in [1.82, 2.24) is 14.8 Å². The van der Waals surface area contributed by atoms with Crippen molar-refractivity contribution in [2.24, 2.45) is 0 Å². The van der Waals surface area contributed by atoms with Gasteiger partial charge in [0.05, 0.1) is 12.1 Å². The van der Waals surface area contributed by atoms with Gasteiger partial charge in [-0.15, -0.1) is 11.3 Å². The number of aromatic nitrogens is 1. The van der Waals surface area contributed by atoms with Crippen molar-refractivity contribution in [2.45, 2.75) is 26.7 Å². The minimum atomic E-state index is -0.240. The second-order valence-corrected chi connectivity index (χ2v) is 7.66. The topological polar surface area (TPSA) is 94.6 Å². The van der Waals surface area contributed by atoms with Gasteiger partial charge in [0.2, 0.25) is 11.8 Å². The largest absolute Gasteiger partial charge is 0.339 e. The van der Waals surface area contributed by atoms with Crippen LogP contribution in [0.4, 0.5) is 15.6 Å². The van der Waals surface area contributed by atoms with E-state index in [1.807, 2.05) is 31.2 Å². The molecule has 1 aliphatic heterocycles. The Morgan fingerprint density at radius 2 is 1.76 bits per heavy atom. The summed E-state index contributed by atoms with van der Waals surface area (Å²) >= 11 is 1.29. The highest BCUT2D eigenvalue weighted by Gasteiger charge is 2.23. The fraction of sp³-hybridized carbons (Fsp3) is 0.400. The lowest BCUT2D eigenvalue weighted by molar-refractivity contribution is -0.130. The van der Waals surface area contributed by atoms with Gasteiger partial charge in [0.25, 0.3) is 0 Å². The summed E-state index contributed by atoms with van der Waals surface area (Å²) in [7, 11) is 0. The molecule has 29 heavy (non-hydrogen) atoms. The Morgan fingerprint density at radius 1 is 1.07 bits per heavy atom. The Labute approximate surface area is 173 Å². The van der Waals surface area contributed by atoms with Crippen molar-refractivity contribution in [1.29, 1.82) is 0 Å². The lowest BCUT2D eigenvalue weighted by Gasteiger charge is -2.33. The van der Waals surface area contributed by atoms with E-state index in [4.69, 9.17) is 0 Å². The van der Waals surface area contributed by atoms with Gasteiger partial charge in [0, 0.05) is 44.2 Å². The van der Waals surface area contributed by atoms with E-state index in [2.05, 4.69) is 15.6 Å². The summed E-state index contributed by atoms with van der Waals surface area (Å²) in [5.41, 5.74) is 2.50. The van der Waals surface area contributed by atoms with E-state index < -0.39 is 0 Å². The maximum atomic E-state index is 12.4. The molecule has 2 N–H and O–H groups in total. The number of anilines is 2. The molecule has 1 aliphatic rings. The predicted molar refractivity (Wildman–Crippen MR) is 113 cm³/mol. The third-order valence-corrected chi connectivity index (χ3v) is 5.60. The number of aryl methyl sites for hydroxylation is 1. The van der Waals surface area contributed by atoms with Crippen LogP contribution in [0.5, 0.6) is 0 Å². The zero-order chi connectivity index (χ0) is 20.8. The Hall–Kier alpha value is -2.94. The first-order chi connectivity index (χ1) is 14.0. The number of hydrogen-bond donors (Lipinski definition) is 2. The summed E-state index contributed by atoms with van der Waals surface area (Å²) in [5.74, 6) is -0.121. The molecule has 1 fully saturated rings. The molecule has 8 nitrogen and oxygen atoms in total. The van der Waals surface area contributed by atoms with Crippen LogP contribution in [0.25, 0.3) is 0 Å². The molecule has 1 saturated heterocycles. The fourth-order valence-corrected chi connectivity index (χ4v) is 3.85. The Bertz CT molecular complexity index is 890. The van der Waals surface area contributed by atoms with Crippen LogP contribution in [-0.4, -0.2) is 58.8 Å². The van der Waals surface area contributed by atoms with Crippen LogP contribution in [0.1, 0.15) is 25.1 Å². The summed E-state index contributed by atoms with van der Waals surface area (Å²) in [6.45, 7) is 5.62. The molecule has 0 aliphatic carbocycles. The highest BCUT2D eigenvalue weighted by atomic mass is 32.1. The number of urea groups is 1. The zero-order valence-corrected chi connectivity index (χ0v) is 17.4. The molecule has 0 spiro atoms. The summed E-state index contributed by atoms with van der Waals surface area (Å²) in [5, 5.41) is 7.93. The molecule has 0 radical (unpaired) electrons. The van der Waals surface area contributed by atoms with Gasteiger partial charge in [-0.1, -0.05) is 25.1 Å². The number of nitrogens with zero attached hydrogens (tertiary/aromatic N) is 3. The number of thiazole rings is 1. The number of para-hydroxylation sites is 1. The van der Waals surface area contributed by atoms with Gasteiger partial charge in [-0.2, -0.15) is 0 Å². The first kappa shape index (κ1) is 20.8. The molecule has 0 atom stereocenters. The summed E-state index contributed by atoms with van der Waals surface area (Å²) in [6.07, 6.45) is 0.978. The number of nitrogens with one attached hydrogen (secondary N) is 2. The monoisotopic (exact) mass is 415 g/mol. The maximum Gasteiger partial charge on any atom is 0.323 e. The van der Waals surface area contributed by atoms with Gasteiger partial charge in [0.1, 0.15) is 0 Å². The molecular formula is C20H25N5O3S. The minimum Gasteiger partial charge on any atom is -0.339 e. The number of carbonyl (C=O) groups excluding carboxylic acids is 3. The Morgan fingerprint density at radius 3 is 2.45 bits per heavy atom. The van der Waals surface area contributed by atoms with Crippen molar-refractivity contribution < 1.29 is 14.4 Å². The van der Waals surface area contributed by atoms with Crippen LogP contribution in [0.3, 0.4) is 0 Å². The molecule has 0 unspecified atom stereocenters. The predicted octanol–water partition coefficient (Wildman–Crippen LogP) is 2.58.